The number of aryl methyl sites for hydroxylation is 2. The topological polar surface area (TPSA) is 87.7 Å². The molecule has 0 saturated carbocycles. The number of amides is 3. The van der Waals surface area contributed by atoms with Crippen molar-refractivity contribution in [3.8, 4) is 12.5 Å². The lowest BCUT2D eigenvalue weighted by Crippen LogP contribution is -2.53. The number of carbonyl (C=O) groups excluding carboxylic acids is 3. The lowest BCUT2D eigenvalue weighted by molar-refractivity contribution is -0.139. The molecule has 0 radical (unpaired) electrons. The van der Waals surface area contributed by atoms with Crippen molar-refractivity contribution >= 4 is 17.9 Å². The fourth-order valence-electron chi connectivity index (χ4n) is 3.60. The highest BCUT2D eigenvalue weighted by Crippen LogP contribution is 2.25. The molecule has 0 fully saturated rings. The Bertz CT molecular complexity index is 1110. The molecule has 7 nitrogen and oxygen atoms in total. The van der Waals surface area contributed by atoms with Crippen LogP contribution in [0.1, 0.15) is 62.9 Å². The van der Waals surface area contributed by atoms with Gasteiger partial charge in [0.15, 0.2) is 0 Å². The van der Waals surface area contributed by atoms with Crippen LogP contribution in [0.15, 0.2) is 48.5 Å². The van der Waals surface area contributed by atoms with Crippen molar-refractivity contribution < 1.29 is 19.1 Å². The molecule has 0 aliphatic heterocycles. The van der Waals surface area contributed by atoms with Crippen LogP contribution in [0.5, 0.6) is 0 Å². The normalized spacial score (nSPS) is 12.8. The van der Waals surface area contributed by atoms with E-state index < -0.39 is 35.6 Å². The first-order valence-corrected chi connectivity index (χ1v) is 12.0. The maximum absolute atomic E-state index is 13.7. The molecule has 0 bridgehead atoms. The zero-order valence-electron chi connectivity index (χ0n) is 22.2. The van der Waals surface area contributed by atoms with Gasteiger partial charge in [0.25, 0.3) is 5.91 Å². The average Bonchev–Trinajstić information content (AvgIpc) is 2.80. The zero-order valence-corrected chi connectivity index (χ0v) is 22.2. The van der Waals surface area contributed by atoms with Gasteiger partial charge in [-0.2, -0.15) is 0 Å². The highest BCUT2D eigenvalue weighted by molar-refractivity contribution is 5.93. The smallest absolute Gasteiger partial charge is 0.408 e. The van der Waals surface area contributed by atoms with Crippen molar-refractivity contribution in [2.24, 2.45) is 5.92 Å². The summed E-state index contributed by atoms with van der Waals surface area (Å²) in [6, 6.07) is 15.3. The molecule has 7 heteroatoms. The van der Waals surface area contributed by atoms with Crippen molar-refractivity contribution in [3.05, 3.63) is 70.8 Å². The molecule has 3 amide bonds. The van der Waals surface area contributed by atoms with E-state index in [0.29, 0.717) is 5.56 Å². The Kier molecular flexibility index (Phi) is 9.68. The standard InChI is InChI=1S/C29H37N3O4/c1-9-32(27(34)24(19(2)3)31-28(35)36-29(6,7)8)25(23-16-15-20(4)21(5)17-23)26(33)30-18-22-13-11-10-12-14-22/h1,10-17,19,24-25H,18H2,2-8H3,(H,30,33)(H,31,35). The fraction of sp³-hybridized carbons (Fsp3) is 0.414. The van der Waals surface area contributed by atoms with E-state index in [9.17, 15) is 14.4 Å². The summed E-state index contributed by atoms with van der Waals surface area (Å²) in [6.45, 7) is 13.0. The molecule has 2 N–H and O–H groups in total. The number of alkyl carbamates (subject to hydrolysis) is 1. The van der Waals surface area contributed by atoms with Gasteiger partial charge in [0.05, 0.1) is 0 Å². The molecule has 36 heavy (non-hydrogen) atoms. The van der Waals surface area contributed by atoms with Crippen LogP contribution in [0.3, 0.4) is 0 Å². The number of benzene rings is 2. The first-order chi connectivity index (χ1) is 16.8. The molecule has 0 aromatic heterocycles. The molecule has 2 unspecified atom stereocenters. The van der Waals surface area contributed by atoms with Gasteiger partial charge in [0.1, 0.15) is 17.7 Å². The molecule has 0 aliphatic rings. The lowest BCUT2D eigenvalue weighted by atomic mass is 9.97. The minimum atomic E-state index is -1.09. The van der Waals surface area contributed by atoms with Crippen LogP contribution < -0.4 is 10.6 Å². The monoisotopic (exact) mass is 491 g/mol. The van der Waals surface area contributed by atoms with Gasteiger partial charge >= 0.3 is 6.09 Å². The summed E-state index contributed by atoms with van der Waals surface area (Å²) < 4.78 is 5.34. The minimum absolute atomic E-state index is 0.275. The first-order valence-electron chi connectivity index (χ1n) is 12.0. The molecule has 0 saturated heterocycles. The van der Waals surface area contributed by atoms with Crippen molar-refractivity contribution in [2.45, 2.75) is 72.7 Å². The SMILES string of the molecule is C#CN(C(=O)C(NC(=O)OC(C)(C)C)C(C)C)C(C(=O)NCc1ccccc1)c1ccc(C)c(C)c1. The molecule has 192 valence electrons. The van der Waals surface area contributed by atoms with Crippen molar-refractivity contribution in [3.63, 3.8) is 0 Å². The van der Waals surface area contributed by atoms with Gasteiger partial charge in [-0.3, -0.25) is 14.5 Å². The maximum atomic E-state index is 13.7. The van der Waals surface area contributed by atoms with Crippen LogP contribution >= 0.6 is 0 Å². The van der Waals surface area contributed by atoms with Gasteiger partial charge in [-0.25, -0.2) is 4.79 Å². The summed E-state index contributed by atoms with van der Waals surface area (Å²) in [5, 5.41) is 5.53. The highest BCUT2D eigenvalue weighted by atomic mass is 16.6. The summed E-state index contributed by atoms with van der Waals surface area (Å²) in [7, 11) is 0. The van der Waals surface area contributed by atoms with E-state index in [0.717, 1.165) is 21.6 Å². The second kappa shape index (κ2) is 12.3. The van der Waals surface area contributed by atoms with Crippen molar-refractivity contribution in [2.75, 3.05) is 0 Å². The number of hydrogen-bond donors (Lipinski definition) is 2. The summed E-state index contributed by atoms with van der Waals surface area (Å²) in [5.41, 5.74) is 2.77. The van der Waals surface area contributed by atoms with E-state index >= 15 is 0 Å². The van der Waals surface area contributed by atoms with E-state index in [1.807, 2.05) is 56.3 Å². The van der Waals surface area contributed by atoms with Crippen LogP contribution in [-0.2, 0) is 20.9 Å². The van der Waals surface area contributed by atoms with E-state index in [1.54, 1.807) is 40.7 Å². The van der Waals surface area contributed by atoms with Crippen LogP contribution in [-0.4, -0.2) is 34.5 Å². The zero-order chi connectivity index (χ0) is 27.0. The van der Waals surface area contributed by atoms with E-state index in [1.165, 1.54) is 0 Å². The molecular formula is C29H37N3O4. The van der Waals surface area contributed by atoms with Gasteiger partial charge < -0.3 is 15.4 Å². The predicted octanol–water partition coefficient (Wildman–Crippen LogP) is 4.63. The van der Waals surface area contributed by atoms with Gasteiger partial charge in [-0.15, -0.1) is 0 Å². The summed E-state index contributed by atoms with van der Waals surface area (Å²) in [5.74, 6) is -1.31. The van der Waals surface area contributed by atoms with Crippen molar-refractivity contribution in [1.29, 1.82) is 0 Å². The highest BCUT2D eigenvalue weighted by Gasteiger charge is 2.37. The number of nitrogens with zero attached hydrogens (tertiary/aromatic N) is 1. The predicted molar refractivity (Wildman–Crippen MR) is 141 cm³/mol. The van der Waals surface area contributed by atoms with E-state index in [-0.39, 0.29) is 12.5 Å². The Balaban J connectivity index is 2.41. The first kappa shape index (κ1) is 28.4. The Morgan fingerprint density at radius 1 is 1.03 bits per heavy atom. The molecule has 2 aromatic carbocycles. The van der Waals surface area contributed by atoms with Gasteiger partial charge in [-0.05, 0) is 62.8 Å². The van der Waals surface area contributed by atoms with E-state index in [2.05, 4.69) is 16.7 Å². The van der Waals surface area contributed by atoms with Crippen LogP contribution in [0.2, 0.25) is 0 Å². The Morgan fingerprint density at radius 3 is 2.19 bits per heavy atom. The van der Waals surface area contributed by atoms with Crippen LogP contribution in [0, 0.1) is 32.2 Å². The number of ether oxygens (including phenoxy) is 1. The second-order valence-corrected chi connectivity index (χ2v) is 10.2. The molecule has 0 heterocycles. The second-order valence-electron chi connectivity index (χ2n) is 10.2. The molecule has 2 aromatic rings. The molecular weight excluding hydrogens is 454 g/mol. The summed E-state index contributed by atoms with van der Waals surface area (Å²) in [4.78, 5) is 40.7. The Morgan fingerprint density at radius 2 is 1.67 bits per heavy atom. The largest absolute Gasteiger partial charge is 0.444 e. The third kappa shape index (κ3) is 7.88. The van der Waals surface area contributed by atoms with Gasteiger partial charge in [0.2, 0.25) is 5.91 Å². The lowest BCUT2D eigenvalue weighted by Gasteiger charge is -2.32. The maximum Gasteiger partial charge on any atom is 0.408 e. The van der Waals surface area contributed by atoms with E-state index in [4.69, 9.17) is 11.2 Å². The van der Waals surface area contributed by atoms with Crippen LogP contribution in [0.4, 0.5) is 4.79 Å². The molecule has 0 aliphatic carbocycles. The number of carbonyl (C=O) groups is 3. The average molecular weight is 492 g/mol. The number of terminal acetylenes is 1. The van der Waals surface area contributed by atoms with Gasteiger partial charge in [-0.1, -0.05) is 68.8 Å². The third-order valence-corrected chi connectivity index (χ3v) is 5.64. The molecule has 2 rings (SSSR count). The van der Waals surface area contributed by atoms with Crippen molar-refractivity contribution in [1.82, 2.24) is 15.5 Å². The van der Waals surface area contributed by atoms with Crippen LogP contribution in [0.25, 0.3) is 0 Å². The number of rotatable bonds is 8. The fourth-order valence-corrected chi connectivity index (χ4v) is 3.60. The minimum Gasteiger partial charge on any atom is -0.444 e. The number of hydrogen-bond acceptors (Lipinski definition) is 4. The summed E-state index contributed by atoms with van der Waals surface area (Å²) in [6.07, 6.45) is 5.09. The number of nitrogens with one attached hydrogen (secondary N) is 2. The third-order valence-electron chi connectivity index (χ3n) is 5.64. The Labute approximate surface area is 214 Å². The van der Waals surface area contributed by atoms with Gasteiger partial charge in [0, 0.05) is 12.6 Å². The summed E-state index contributed by atoms with van der Waals surface area (Å²) >= 11 is 0. The molecule has 2 atom stereocenters. The Hall–Kier alpha value is -3.79. The quantitative estimate of drug-likeness (QED) is 0.416. The molecule has 0 spiro atoms.